The molecule has 3 unspecified atom stereocenters. The van der Waals surface area contributed by atoms with E-state index in [2.05, 4.69) is 57.7 Å². The molecule has 3 aliphatic rings. The Bertz CT molecular complexity index is 1270. The highest BCUT2D eigenvalue weighted by atomic mass is 15.3. The monoisotopic (exact) mass is 487 g/mol. The van der Waals surface area contributed by atoms with Crippen molar-refractivity contribution in [2.45, 2.75) is 50.5 Å². The summed E-state index contributed by atoms with van der Waals surface area (Å²) in [6.07, 6.45) is 9.55. The first-order chi connectivity index (χ1) is 17.5. The summed E-state index contributed by atoms with van der Waals surface area (Å²) in [6.45, 7) is 7.15. The quantitative estimate of drug-likeness (QED) is 0.581. The summed E-state index contributed by atoms with van der Waals surface area (Å²) in [4.78, 5) is 23.8. The number of hydrogen-bond acceptors (Lipinski definition) is 8. The third-order valence-electron chi connectivity index (χ3n) is 8.73. The summed E-state index contributed by atoms with van der Waals surface area (Å²) in [5.41, 5.74) is 16.4. The lowest BCUT2D eigenvalue weighted by atomic mass is 9.62. The molecule has 36 heavy (non-hydrogen) atoms. The fourth-order valence-electron chi connectivity index (χ4n) is 6.91. The van der Waals surface area contributed by atoms with Gasteiger partial charge < -0.3 is 25.8 Å². The fraction of sp³-hybridized carbons (Fsp3) is 0.556. The van der Waals surface area contributed by atoms with Crippen molar-refractivity contribution in [3.8, 4) is 0 Å². The van der Waals surface area contributed by atoms with Gasteiger partial charge in [-0.2, -0.15) is 4.98 Å². The second-order valence-electron chi connectivity index (χ2n) is 10.8. The van der Waals surface area contributed by atoms with Crippen LogP contribution in [0.1, 0.15) is 56.3 Å². The summed E-state index contributed by atoms with van der Waals surface area (Å²) >= 11 is 0. The van der Waals surface area contributed by atoms with Crippen molar-refractivity contribution in [2.75, 3.05) is 50.4 Å². The minimum atomic E-state index is -0.280. The maximum atomic E-state index is 6.48. The van der Waals surface area contributed by atoms with Gasteiger partial charge in [0.25, 0.3) is 0 Å². The number of nitrogens with zero attached hydrogens (tertiary/aromatic N) is 7. The number of rotatable bonds is 4. The Morgan fingerprint density at radius 3 is 2.64 bits per heavy atom. The zero-order valence-corrected chi connectivity index (χ0v) is 21.4. The number of likely N-dealkylation sites (N-methyl/N-ethyl adjacent to an activating group) is 1. The van der Waals surface area contributed by atoms with Crippen molar-refractivity contribution < 1.29 is 0 Å². The lowest BCUT2D eigenvalue weighted by Gasteiger charge is -2.52. The lowest BCUT2D eigenvalue weighted by molar-refractivity contribution is 0.0749. The summed E-state index contributed by atoms with van der Waals surface area (Å²) < 4.78 is 2.38. The number of nitrogens with two attached hydrogens (primary N) is 2. The second-order valence-corrected chi connectivity index (χ2v) is 10.8. The molecule has 5 heterocycles. The number of pyridine rings is 1. The molecule has 0 bridgehead atoms. The van der Waals surface area contributed by atoms with Crippen molar-refractivity contribution >= 4 is 28.5 Å². The Labute approximate surface area is 212 Å². The number of nitrogen functional groups attached to an aromatic ring is 1. The van der Waals surface area contributed by atoms with Crippen molar-refractivity contribution in [3.63, 3.8) is 0 Å². The maximum Gasteiger partial charge on any atom is 0.221 e. The molecule has 1 saturated carbocycles. The number of amidine groups is 1. The first-order valence-electron chi connectivity index (χ1n) is 13.4. The summed E-state index contributed by atoms with van der Waals surface area (Å²) in [5, 5.41) is 0.955. The predicted molar refractivity (Wildman–Crippen MR) is 144 cm³/mol. The van der Waals surface area contributed by atoms with E-state index in [1.54, 1.807) is 6.20 Å². The van der Waals surface area contributed by atoms with Gasteiger partial charge in [0.1, 0.15) is 11.5 Å². The Hall–Kier alpha value is -3.20. The predicted octanol–water partition coefficient (Wildman–Crippen LogP) is 2.96. The van der Waals surface area contributed by atoms with Gasteiger partial charge in [-0.15, -0.1) is 0 Å². The average Bonchev–Trinajstić information content (AvgIpc) is 3.28. The number of fused-ring (bicyclic) bond motifs is 4. The number of piperazine rings is 1. The van der Waals surface area contributed by atoms with Crippen molar-refractivity contribution in [3.05, 3.63) is 42.0 Å². The minimum Gasteiger partial charge on any atom is -0.382 e. The molecule has 9 heteroatoms. The van der Waals surface area contributed by atoms with Gasteiger partial charge in [0.15, 0.2) is 0 Å². The summed E-state index contributed by atoms with van der Waals surface area (Å²) in [6, 6.07) is 6.60. The molecule has 0 aromatic carbocycles. The first-order valence-corrected chi connectivity index (χ1v) is 13.4. The van der Waals surface area contributed by atoms with Crippen LogP contribution in [0.25, 0.3) is 11.0 Å². The molecule has 6 rings (SSSR count). The molecular weight excluding hydrogens is 450 g/mol. The molecule has 190 valence electrons. The van der Waals surface area contributed by atoms with Crippen LogP contribution in [-0.4, -0.2) is 70.0 Å². The fourth-order valence-corrected chi connectivity index (χ4v) is 6.91. The van der Waals surface area contributed by atoms with Crippen LogP contribution in [0.5, 0.6) is 0 Å². The molecule has 3 atom stereocenters. The van der Waals surface area contributed by atoms with E-state index in [1.165, 1.54) is 18.5 Å². The van der Waals surface area contributed by atoms with E-state index in [0.29, 0.717) is 18.3 Å². The molecule has 1 aliphatic carbocycles. The maximum absolute atomic E-state index is 6.48. The third-order valence-corrected chi connectivity index (χ3v) is 8.73. The molecule has 2 fully saturated rings. The van der Waals surface area contributed by atoms with E-state index in [1.807, 2.05) is 0 Å². The topological polar surface area (TPSA) is 114 Å². The lowest BCUT2D eigenvalue weighted by Crippen LogP contribution is -2.55. The van der Waals surface area contributed by atoms with Gasteiger partial charge in [0, 0.05) is 49.4 Å². The minimum absolute atomic E-state index is 0.215. The van der Waals surface area contributed by atoms with Crippen LogP contribution in [0.15, 0.2) is 35.6 Å². The van der Waals surface area contributed by atoms with Gasteiger partial charge in [-0.25, -0.2) is 4.98 Å². The zero-order chi connectivity index (χ0) is 24.9. The highest BCUT2D eigenvalue weighted by Crippen LogP contribution is 2.53. The normalized spacial score (nSPS) is 26.8. The molecule has 3 aromatic rings. The van der Waals surface area contributed by atoms with Crippen LogP contribution >= 0.6 is 0 Å². The molecule has 4 N–H and O–H groups in total. The number of aliphatic imine (C=N–C) groups is 1. The molecular formula is C27H37N9. The summed E-state index contributed by atoms with van der Waals surface area (Å²) in [5.74, 6) is 1.51. The number of hydrogen-bond donors (Lipinski definition) is 2. The van der Waals surface area contributed by atoms with E-state index in [0.717, 1.165) is 67.9 Å². The van der Waals surface area contributed by atoms with Gasteiger partial charge in [0.05, 0.1) is 29.7 Å². The molecule has 1 saturated heterocycles. The van der Waals surface area contributed by atoms with Gasteiger partial charge in [0.2, 0.25) is 5.95 Å². The molecule has 0 radical (unpaired) electrons. The highest BCUT2D eigenvalue weighted by Gasteiger charge is 2.53. The molecule has 1 spiro atoms. The summed E-state index contributed by atoms with van der Waals surface area (Å²) in [7, 11) is 2.19. The molecule has 2 aliphatic heterocycles. The SMILES string of the molecule is CCCC1CCCC(c2ccc(N3CCN(C)CC3)cn2)C12CN=C(N)c1cc3cnc(N)nc3n12. The van der Waals surface area contributed by atoms with E-state index in [9.17, 15) is 0 Å². The second kappa shape index (κ2) is 9.03. The van der Waals surface area contributed by atoms with E-state index < -0.39 is 0 Å². The van der Waals surface area contributed by atoms with Crippen LogP contribution in [0.3, 0.4) is 0 Å². The molecule has 9 nitrogen and oxygen atoms in total. The standard InChI is InChI=1S/C27H37N9/c1-3-5-19-6-4-7-21(22-9-8-20(16-30-22)35-12-10-34(2)11-13-35)27(19)17-32-24(28)23-14-18-15-31-26(29)33-25(18)36(23)27/h8-9,14-16,19,21H,3-7,10-13,17H2,1-2H3,(H2,28,32)(H2,29,31,33). The van der Waals surface area contributed by atoms with Gasteiger partial charge in [-0.3, -0.25) is 9.98 Å². The zero-order valence-electron chi connectivity index (χ0n) is 21.4. The van der Waals surface area contributed by atoms with Crippen LogP contribution in [0.2, 0.25) is 0 Å². The number of aromatic nitrogens is 4. The smallest absolute Gasteiger partial charge is 0.221 e. The van der Waals surface area contributed by atoms with Crippen molar-refractivity contribution in [1.82, 2.24) is 24.4 Å². The van der Waals surface area contributed by atoms with Crippen LogP contribution in [0.4, 0.5) is 11.6 Å². The van der Waals surface area contributed by atoms with Gasteiger partial charge in [-0.1, -0.05) is 19.8 Å². The van der Waals surface area contributed by atoms with Crippen molar-refractivity contribution in [2.24, 2.45) is 16.6 Å². The van der Waals surface area contributed by atoms with Crippen molar-refractivity contribution in [1.29, 1.82) is 0 Å². The van der Waals surface area contributed by atoms with E-state index in [4.69, 9.17) is 26.4 Å². The van der Waals surface area contributed by atoms with E-state index >= 15 is 0 Å². The molecule has 3 aromatic heterocycles. The Balaban J connectivity index is 1.47. The van der Waals surface area contributed by atoms with E-state index in [-0.39, 0.29) is 17.4 Å². The third kappa shape index (κ3) is 3.63. The Morgan fingerprint density at radius 1 is 1.06 bits per heavy atom. The van der Waals surface area contributed by atoms with Gasteiger partial charge in [-0.05, 0) is 50.4 Å². The van der Waals surface area contributed by atoms with Crippen LogP contribution in [-0.2, 0) is 5.54 Å². The molecule has 0 amide bonds. The van der Waals surface area contributed by atoms with Crippen LogP contribution in [0, 0.1) is 5.92 Å². The number of anilines is 2. The average molecular weight is 488 g/mol. The van der Waals surface area contributed by atoms with Crippen LogP contribution < -0.4 is 16.4 Å². The Kier molecular flexibility index (Phi) is 5.82. The highest BCUT2D eigenvalue weighted by molar-refractivity contribution is 6.01. The Morgan fingerprint density at radius 2 is 1.89 bits per heavy atom. The largest absolute Gasteiger partial charge is 0.382 e. The first kappa shape index (κ1) is 23.2. The van der Waals surface area contributed by atoms with Gasteiger partial charge >= 0.3 is 0 Å².